The predicted octanol–water partition coefficient (Wildman–Crippen LogP) is 2.32. The van der Waals surface area contributed by atoms with Crippen molar-refractivity contribution < 1.29 is 14.3 Å². The first-order valence-electron chi connectivity index (χ1n) is 6.96. The van der Waals surface area contributed by atoms with Crippen molar-refractivity contribution >= 4 is 19.5 Å². The van der Waals surface area contributed by atoms with Gasteiger partial charge in [0, 0.05) is 12.3 Å². The molecular weight excluding hydrogens is 227 g/mol. The molecule has 1 aliphatic carbocycles. The molecule has 4 atom stereocenters. The standard InChI is InChI=1S/C14H23BO3/c1-4-10-8-9(3)13(14(15)17)11(10)6-7-18-12(16)5-2/h9-11,13H,4-8H2,1-3H3. The molecule has 4 heteroatoms. The average Bonchev–Trinajstić information content (AvgIpc) is 2.65. The highest BCUT2D eigenvalue weighted by Crippen LogP contribution is 2.44. The minimum atomic E-state index is -0.203. The highest BCUT2D eigenvalue weighted by molar-refractivity contribution is 6.58. The molecule has 1 aliphatic rings. The lowest BCUT2D eigenvalue weighted by Crippen LogP contribution is -2.27. The molecule has 1 saturated carbocycles. The van der Waals surface area contributed by atoms with Gasteiger partial charge in [-0.05, 0) is 30.6 Å². The van der Waals surface area contributed by atoms with Crippen LogP contribution >= 0.6 is 0 Å². The van der Waals surface area contributed by atoms with Crippen LogP contribution in [0.15, 0.2) is 0 Å². The van der Waals surface area contributed by atoms with Crippen LogP contribution in [0.2, 0.25) is 0 Å². The van der Waals surface area contributed by atoms with Gasteiger partial charge >= 0.3 is 5.97 Å². The first-order valence-corrected chi connectivity index (χ1v) is 6.96. The van der Waals surface area contributed by atoms with Crippen molar-refractivity contribution in [3.63, 3.8) is 0 Å². The quantitative estimate of drug-likeness (QED) is 0.536. The van der Waals surface area contributed by atoms with Crippen LogP contribution in [0.5, 0.6) is 0 Å². The second-order valence-electron chi connectivity index (χ2n) is 5.34. The molecule has 0 heterocycles. The van der Waals surface area contributed by atoms with Crippen LogP contribution < -0.4 is 0 Å². The zero-order chi connectivity index (χ0) is 13.7. The van der Waals surface area contributed by atoms with Crippen molar-refractivity contribution in [3.05, 3.63) is 0 Å². The zero-order valence-electron chi connectivity index (χ0n) is 11.6. The second-order valence-corrected chi connectivity index (χ2v) is 5.34. The Morgan fingerprint density at radius 2 is 2.00 bits per heavy atom. The summed E-state index contributed by atoms with van der Waals surface area (Å²) in [5.74, 6) is 0.907. The van der Waals surface area contributed by atoms with Crippen LogP contribution in [0.1, 0.15) is 46.5 Å². The number of carbonyl (C=O) groups is 2. The highest BCUT2D eigenvalue weighted by Gasteiger charge is 2.41. The van der Waals surface area contributed by atoms with Gasteiger partial charge in [0.1, 0.15) is 0 Å². The molecule has 100 valence electrons. The summed E-state index contributed by atoms with van der Waals surface area (Å²) in [6, 6.07) is 0. The summed E-state index contributed by atoms with van der Waals surface area (Å²) in [4.78, 5) is 22.7. The van der Waals surface area contributed by atoms with Gasteiger partial charge in [-0.1, -0.05) is 27.2 Å². The lowest BCUT2D eigenvalue weighted by molar-refractivity contribution is -0.143. The smallest absolute Gasteiger partial charge is 0.305 e. The number of esters is 1. The molecule has 1 fully saturated rings. The number of rotatable bonds is 6. The Balaban J connectivity index is 2.57. The maximum Gasteiger partial charge on any atom is 0.305 e. The van der Waals surface area contributed by atoms with Gasteiger partial charge in [-0.2, -0.15) is 0 Å². The van der Waals surface area contributed by atoms with Crippen molar-refractivity contribution in [3.8, 4) is 0 Å². The Morgan fingerprint density at radius 1 is 1.33 bits per heavy atom. The first-order chi connectivity index (χ1) is 8.51. The molecule has 0 aromatic rings. The lowest BCUT2D eigenvalue weighted by Gasteiger charge is -2.24. The van der Waals surface area contributed by atoms with E-state index in [9.17, 15) is 9.59 Å². The molecule has 0 aromatic heterocycles. The maximum atomic E-state index is 11.6. The fourth-order valence-electron chi connectivity index (χ4n) is 3.30. The van der Waals surface area contributed by atoms with Crippen molar-refractivity contribution in [2.75, 3.05) is 6.61 Å². The van der Waals surface area contributed by atoms with Gasteiger partial charge in [0.05, 0.1) is 12.3 Å². The van der Waals surface area contributed by atoms with Crippen LogP contribution in [-0.2, 0) is 14.3 Å². The Kier molecular flexibility index (Phi) is 5.90. The van der Waals surface area contributed by atoms with Gasteiger partial charge in [-0.15, -0.1) is 0 Å². The number of hydrogen-bond donors (Lipinski definition) is 0. The molecule has 0 spiro atoms. The Hall–Kier alpha value is -0.795. The first kappa shape index (κ1) is 15.3. The van der Waals surface area contributed by atoms with Crippen molar-refractivity contribution in [1.29, 1.82) is 0 Å². The van der Waals surface area contributed by atoms with Crippen LogP contribution in [0.4, 0.5) is 0 Å². The van der Waals surface area contributed by atoms with Crippen molar-refractivity contribution in [1.82, 2.24) is 0 Å². The van der Waals surface area contributed by atoms with Gasteiger partial charge in [-0.3, -0.25) is 4.79 Å². The summed E-state index contributed by atoms with van der Waals surface area (Å²) in [6.45, 7) is 6.42. The Morgan fingerprint density at radius 3 is 2.50 bits per heavy atom. The number of carbonyl (C=O) groups excluding carboxylic acids is 2. The molecule has 0 amide bonds. The topological polar surface area (TPSA) is 43.4 Å². The van der Waals surface area contributed by atoms with Gasteiger partial charge in [0.2, 0.25) is 0 Å². The van der Waals surface area contributed by atoms with E-state index in [4.69, 9.17) is 12.6 Å². The zero-order valence-corrected chi connectivity index (χ0v) is 11.6. The molecule has 1 rings (SSSR count). The fraction of sp³-hybridized carbons (Fsp3) is 0.857. The van der Waals surface area contributed by atoms with E-state index in [1.807, 2.05) is 0 Å². The average molecular weight is 250 g/mol. The van der Waals surface area contributed by atoms with Crippen LogP contribution in [0.3, 0.4) is 0 Å². The van der Waals surface area contributed by atoms with E-state index in [1.54, 1.807) is 6.92 Å². The number of hydrogen-bond acceptors (Lipinski definition) is 3. The van der Waals surface area contributed by atoms with Gasteiger partial charge in [-0.25, -0.2) is 0 Å². The van der Waals surface area contributed by atoms with Gasteiger partial charge in [0.15, 0.2) is 7.85 Å². The van der Waals surface area contributed by atoms with E-state index in [2.05, 4.69) is 13.8 Å². The molecule has 2 radical (unpaired) electrons. The minimum Gasteiger partial charge on any atom is -0.466 e. The molecule has 4 unspecified atom stereocenters. The largest absolute Gasteiger partial charge is 0.466 e. The molecule has 0 aliphatic heterocycles. The maximum absolute atomic E-state index is 11.6. The fourth-order valence-corrected chi connectivity index (χ4v) is 3.30. The highest BCUT2D eigenvalue weighted by atomic mass is 16.5. The van der Waals surface area contributed by atoms with Crippen LogP contribution in [0.25, 0.3) is 0 Å². The summed E-state index contributed by atoms with van der Waals surface area (Å²) in [7, 11) is 5.51. The summed E-state index contributed by atoms with van der Waals surface area (Å²) in [5, 5.41) is 0. The summed E-state index contributed by atoms with van der Waals surface area (Å²) >= 11 is 0. The van der Waals surface area contributed by atoms with Crippen LogP contribution in [-0.4, -0.2) is 26.1 Å². The molecule has 3 nitrogen and oxygen atoms in total. The predicted molar refractivity (Wildman–Crippen MR) is 71.2 cm³/mol. The van der Waals surface area contributed by atoms with Crippen LogP contribution in [0, 0.1) is 23.7 Å². The van der Waals surface area contributed by atoms with E-state index in [0.717, 1.165) is 19.3 Å². The summed E-state index contributed by atoms with van der Waals surface area (Å²) < 4.78 is 5.12. The Labute approximate surface area is 111 Å². The normalized spacial score (nSPS) is 31.3. The molecule has 0 N–H and O–H groups in total. The molecule has 0 bridgehead atoms. The van der Waals surface area contributed by atoms with E-state index >= 15 is 0 Å². The van der Waals surface area contributed by atoms with Crippen molar-refractivity contribution in [2.24, 2.45) is 23.7 Å². The van der Waals surface area contributed by atoms with E-state index < -0.39 is 0 Å². The molecule has 18 heavy (non-hydrogen) atoms. The van der Waals surface area contributed by atoms with E-state index in [0.29, 0.717) is 24.9 Å². The molecule has 0 aromatic carbocycles. The number of ether oxygens (including phenoxy) is 1. The monoisotopic (exact) mass is 250 g/mol. The molecular formula is C14H23BO3. The lowest BCUT2D eigenvalue weighted by atomic mass is 9.75. The second kappa shape index (κ2) is 6.96. The third-order valence-corrected chi connectivity index (χ3v) is 4.21. The van der Waals surface area contributed by atoms with E-state index in [-0.39, 0.29) is 23.5 Å². The summed E-state index contributed by atoms with van der Waals surface area (Å²) in [6.07, 6.45) is 3.26. The SMILES string of the molecule is [B]C(=O)C1C(C)CC(CC)C1CCOC(=O)CC. The third kappa shape index (κ3) is 3.60. The summed E-state index contributed by atoms with van der Waals surface area (Å²) in [5.41, 5.74) is -0.203. The Bertz CT molecular complexity index is 303. The third-order valence-electron chi connectivity index (χ3n) is 4.21. The molecule has 0 saturated heterocycles. The van der Waals surface area contributed by atoms with Gasteiger partial charge in [0.25, 0.3) is 0 Å². The van der Waals surface area contributed by atoms with Crippen molar-refractivity contribution in [2.45, 2.75) is 46.5 Å². The van der Waals surface area contributed by atoms with Gasteiger partial charge < -0.3 is 9.53 Å². The van der Waals surface area contributed by atoms with E-state index in [1.165, 1.54) is 0 Å². The minimum absolute atomic E-state index is 0.0599.